The third-order valence-electron chi connectivity index (χ3n) is 4.77. The first kappa shape index (κ1) is 13.2. The minimum absolute atomic E-state index is 0.0827. The maximum absolute atomic E-state index is 12.1. The number of nitrogens with one attached hydrogen (secondary N) is 1. The lowest BCUT2D eigenvalue weighted by atomic mass is 9.73. The Hall–Kier alpha value is -1.84. The summed E-state index contributed by atoms with van der Waals surface area (Å²) in [5.74, 6) is -1.76. The zero-order valence-electron chi connectivity index (χ0n) is 11.3. The number of hydrogen-bond donors (Lipinski definition) is 2. The van der Waals surface area contributed by atoms with Gasteiger partial charge in [0, 0.05) is 12.0 Å². The second-order valence-electron chi connectivity index (χ2n) is 5.99. The lowest BCUT2D eigenvalue weighted by molar-refractivity contribution is -0.152. The van der Waals surface area contributed by atoms with Gasteiger partial charge in [0.25, 0.3) is 0 Å². The summed E-state index contributed by atoms with van der Waals surface area (Å²) in [5.41, 5.74) is 1.35. The van der Waals surface area contributed by atoms with E-state index in [1.165, 1.54) is 5.56 Å². The molecule has 2 aliphatic carbocycles. The van der Waals surface area contributed by atoms with Crippen molar-refractivity contribution >= 4 is 11.9 Å². The average Bonchev–Trinajstić information content (AvgIpc) is 3.17. The van der Waals surface area contributed by atoms with E-state index in [9.17, 15) is 9.59 Å². The monoisotopic (exact) mass is 273 g/mol. The van der Waals surface area contributed by atoms with Gasteiger partial charge in [0.15, 0.2) is 0 Å². The normalized spacial score (nSPS) is 26.4. The second kappa shape index (κ2) is 4.93. The summed E-state index contributed by atoms with van der Waals surface area (Å²) in [6, 6.07) is 10.2. The van der Waals surface area contributed by atoms with Crippen LogP contribution in [0.25, 0.3) is 0 Å². The lowest BCUT2D eigenvalue weighted by Crippen LogP contribution is -2.45. The molecule has 2 N–H and O–H groups in total. The maximum atomic E-state index is 12.1. The summed E-state index contributed by atoms with van der Waals surface area (Å²) in [6.07, 6.45) is 3.49. The molecule has 0 saturated heterocycles. The molecule has 1 aromatic carbocycles. The van der Waals surface area contributed by atoms with Crippen LogP contribution in [-0.4, -0.2) is 23.5 Å². The van der Waals surface area contributed by atoms with E-state index in [0.29, 0.717) is 19.4 Å². The smallest absolute Gasteiger partial charge is 0.307 e. The molecule has 0 radical (unpaired) electrons. The van der Waals surface area contributed by atoms with Gasteiger partial charge in [-0.1, -0.05) is 30.3 Å². The number of carbonyl (C=O) groups excluding carboxylic acids is 1. The van der Waals surface area contributed by atoms with Crippen molar-refractivity contribution in [3.05, 3.63) is 35.9 Å². The molecule has 0 spiro atoms. The first-order valence-corrected chi connectivity index (χ1v) is 7.18. The van der Waals surface area contributed by atoms with E-state index in [2.05, 4.69) is 17.4 Å². The highest BCUT2D eigenvalue weighted by Gasteiger charge is 2.46. The van der Waals surface area contributed by atoms with Gasteiger partial charge in [-0.15, -0.1) is 0 Å². The molecule has 4 heteroatoms. The van der Waals surface area contributed by atoms with Crippen molar-refractivity contribution < 1.29 is 14.7 Å². The van der Waals surface area contributed by atoms with Crippen molar-refractivity contribution in [2.24, 2.45) is 11.8 Å². The molecule has 1 amide bonds. The molecule has 1 aromatic rings. The summed E-state index contributed by atoms with van der Waals surface area (Å²) in [5, 5.41) is 12.0. The Bertz CT molecular complexity index is 522. The fourth-order valence-electron chi connectivity index (χ4n) is 3.01. The van der Waals surface area contributed by atoms with E-state index < -0.39 is 11.9 Å². The van der Waals surface area contributed by atoms with Crippen molar-refractivity contribution in [1.82, 2.24) is 5.32 Å². The number of carboxylic acid groups (broad SMARTS) is 1. The minimum Gasteiger partial charge on any atom is -0.481 e. The number of carboxylic acids is 1. The molecule has 2 saturated carbocycles. The van der Waals surface area contributed by atoms with E-state index in [4.69, 9.17) is 5.11 Å². The predicted octanol–water partition coefficient (Wildman–Crippen LogP) is 1.95. The highest BCUT2D eigenvalue weighted by molar-refractivity contribution is 5.86. The Balaban J connectivity index is 1.58. The molecular formula is C16H19NO3. The molecular weight excluding hydrogens is 254 g/mol. The van der Waals surface area contributed by atoms with Crippen molar-refractivity contribution in [1.29, 1.82) is 0 Å². The second-order valence-corrected chi connectivity index (χ2v) is 5.99. The van der Waals surface area contributed by atoms with E-state index in [1.54, 1.807) is 0 Å². The Morgan fingerprint density at radius 2 is 1.80 bits per heavy atom. The number of carbonyl (C=O) groups is 2. The molecule has 2 atom stereocenters. The zero-order chi connectivity index (χ0) is 14.2. The quantitative estimate of drug-likeness (QED) is 0.861. The molecule has 3 rings (SSSR count). The molecule has 0 bridgehead atoms. The zero-order valence-corrected chi connectivity index (χ0v) is 11.3. The molecule has 2 fully saturated rings. The molecule has 4 nitrogen and oxygen atoms in total. The van der Waals surface area contributed by atoms with E-state index in [1.807, 2.05) is 18.2 Å². The Morgan fingerprint density at radius 3 is 2.30 bits per heavy atom. The highest BCUT2D eigenvalue weighted by Crippen LogP contribution is 2.47. The van der Waals surface area contributed by atoms with Crippen LogP contribution >= 0.6 is 0 Å². The van der Waals surface area contributed by atoms with Crippen LogP contribution in [-0.2, 0) is 15.0 Å². The van der Waals surface area contributed by atoms with Gasteiger partial charge >= 0.3 is 5.97 Å². The largest absolute Gasteiger partial charge is 0.481 e. The van der Waals surface area contributed by atoms with Crippen LogP contribution < -0.4 is 5.32 Å². The molecule has 0 aromatic heterocycles. The van der Waals surface area contributed by atoms with E-state index in [0.717, 1.165) is 12.8 Å². The van der Waals surface area contributed by atoms with Crippen molar-refractivity contribution in [2.45, 2.75) is 31.1 Å². The van der Waals surface area contributed by atoms with Crippen molar-refractivity contribution in [3.8, 4) is 0 Å². The minimum atomic E-state index is -0.847. The SMILES string of the molecule is O=C(O)C1CCC1C(=O)NCC1(c2ccccc2)CC1. The van der Waals surface area contributed by atoms with E-state index in [-0.39, 0.29) is 17.2 Å². The fraction of sp³-hybridized carbons (Fsp3) is 0.500. The van der Waals surface area contributed by atoms with Gasteiger partial charge in [0.05, 0.1) is 11.8 Å². The Kier molecular flexibility index (Phi) is 3.24. The summed E-state index contributed by atoms with van der Waals surface area (Å²) in [4.78, 5) is 23.0. The Labute approximate surface area is 118 Å². The summed E-state index contributed by atoms with van der Waals surface area (Å²) >= 11 is 0. The van der Waals surface area contributed by atoms with Gasteiger partial charge in [-0.05, 0) is 31.2 Å². The topological polar surface area (TPSA) is 66.4 Å². The predicted molar refractivity (Wildman–Crippen MR) is 74.2 cm³/mol. The number of benzene rings is 1. The third-order valence-corrected chi connectivity index (χ3v) is 4.77. The molecule has 2 unspecified atom stereocenters. The van der Waals surface area contributed by atoms with Crippen molar-refractivity contribution in [2.75, 3.05) is 6.54 Å². The van der Waals surface area contributed by atoms with Gasteiger partial charge in [-0.25, -0.2) is 0 Å². The van der Waals surface area contributed by atoms with Gasteiger partial charge in [-0.2, -0.15) is 0 Å². The first-order valence-electron chi connectivity index (χ1n) is 7.18. The standard InChI is InChI=1S/C16H19NO3/c18-14(12-6-7-13(12)15(19)20)17-10-16(8-9-16)11-4-2-1-3-5-11/h1-5,12-13H,6-10H2,(H,17,18)(H,19,20). The number of rotatable bonds is 5. The number of hydrogen-bond acceptors (Lipinski definition) is 2. The number of amides is 1. The molecule has 20 heavy (non-hydrogen) atoms. The summed E-state index contributed by atoms with van der Waals surface area (Å²) in [7, 11) is 0. The molecule has 0 aliphatic heterocycles. The van der Waals surface area contributed by atoms with Crippen LogP contribution in [0.15, 0.2) is 30.3 Å². The van der Waals surface area contributed by atoms with Gasteiger partial charge < -0.3 is 10.4 Å². The third kappa shape index (κ3) is 2.30. The van der Waals surface area contributed by atoms with Gasteiger partial charge in [-0.3, -0.25) is 9.59 Å². The van der Waals surface area contributed by atoms with Crippen LogP contribution in [0, 0.1) is 11.8 Å². The molecule has 0 heterocycles. The summed E-state index contributed by atoms with van der Waals surface area (Å²) in [6.45, 7) is 0.624. The fourth-order valence-corrected chi connectivity index (χ4v) is 3.01. The summed E-state index contributed by atoms with van der Waals surface area (Å²) < 4.78 is 0. The Morgan fingerprint density at radius 1 is 1.15 bits per heavy atom. The molecule has 106 valence electrons. The van der Waals surface area contributed by atoms with Crippen LogP contribution in [0.5, 0.6) is 0 Å². The lowest BCUT2D eigenvalue weighted by Gasteiger charge is -2.32. The first-order chi connectivity index (χ1) is 9.62. The average molecular weight is 273 g/mol. The van der Waals surface area contributed by atoms with Crippen LogP contribution in [0.2, 0.25) is 0 Å². The molecule has 2 aliphatic rings. The van der Waals surface area contributed by atoms with E-state index >= 15 is 0 Å². The van der Waals surface area contributed by atoms with Crippen LogP contribution in [0.3, 0.4) is 0 Å². The highest BCUT2D eigenvalue weighted by atomic mass is 16.4. The van der Waals surface area contributed by atoms with Crippen LogP contribution in [0.4, 0.5) is 0 Å². The maximum Gasteiger partial charge on any atom is 0.307 e. The number of aliphatic carboxylic acids is 1. The van der Waals surface area contributed by atoms with Crippen LogP contribution in [0.1, 0.15) is 31.2 Å². The van der Waals surface area contributed by atoms with Gasteiger partial charge in [0.2, 0.25) is 5.91 Å². The van der Waals surface area contributed by atoms with Gasteiger partial charge in [0.1, 0.15) is 0 Å². The van der Waals surface area contributed by atoms with Crippen molar-refractivity contribution in [3.63, 3.8) is 0 Å².